The SMILES string of the molecule is O=C(c1cccc(Oc2ccccc2)c1)N1CCCN(C(=O)c2ccccc2F)CC1. The Labute approximate surface area is 180 Å². The van der Waals surface area contributed by atoms with Crippen molar-refractivity contribution in [3.8, 4) is 11.5 Å². The third-order valence-electron chi connectivity index (χ3n) is 5.23. The number of hydrogen-bond acceptors (Lipinski definition) is 3. The molecule has 3 aromatic rings. The van der Waals surface area contributed by atoms with E-state index in [-0.39, 0.29) is 17.4 Å². The van der Waals surface area contributed by atoms with Crippen LogP contribution >= 0.6 is 0 Å². The van der Waals surface area contributed by atoms with E-state index in [2.05, 4.69) is 0 Å². The van der Waals surface area contributed by atoms with E-state index in [4.69, 9.17) is 4.74 Å². The van der Waals surface area contributed by atoms with Crippen LogP contribution in [0.5, 0.6) is 11.5 Å². The van der Waals surface area contributed by atoms with Gasteiger partial charge in [-0.05, 0) is 48.9 Å². The summed E-state index contributed by atoms with van der Waals surface area (Å²) in [4.78, 5) is 29.1. The van der Waals surface area contributed by atoms with Crippen LogP contribution in [0.2, 0.25) is 0 Å². The second kappa shape index (κ2) is 9.43. The van der Waals surface area contributed by atoms with E-state index < -0.39 is 5.82 Å². The molecule has 0 bridgehead atoms. The Kier molecular flexibility index (Phi) is 6.26. The molecule has 1 saturated heterocycles. The predicted molar refractivity (Wildman–Crippen MR) is 116 cm³/mol. The molecule has 1 heterocycles. The smallest absolute Gasteiger partial charge is 0.256 e. The molecule has 5 nitrogen and oxygen atoms in total. The van der Waals surface area contributed by atoms with Crippen molar-refractivity contribution < 1.29 is 18.7 Å². The van der Waals surface area contributed by atoms with Crippen LogP contribution in [0.1, 0.15) is 27.1 Å². The molecule has 0 atom stereocenters. The van der Waals surface area contributed by atoms with E-state index in [9.17, 15) is 14.0 Å². The highest BCUT2D eigenvalue weighted by molar-refractivity contribution is 5.96. The summed E-state index contributed by atoms with van der Waals surface area (Å²) in [5.41, 5.74) is 0.593. The quantitative estimate of drug-likeness (QED) is 0.622. The number of hydrogen-bond donors (Lipinski definition) is 0. The fourth-order valence-electron chi connectivity index (χ4n) is 3.63. The van der Waals surface area contributed by atoms with Crippen LogP contribution in [-0.2, 0) is 0 Å². The Morgan fingerprint density at radius 1 is 0.710 bits per heavy atom. The number of nitrogens with zero attached hydrogens (tertiary/aromatic N) is 2. The van der Waals surface area contributed by atoms with Gasteiger partial charge in [0.05, 0.1) is 5.56 Å². The molecule has 1 aliphatic rings. The first-order valence-corrected chi connectivity index (χ1v) is 10.3. The number of rotatable bonds is 4. The van der Waals surface area contributed by atoms with Gasteiger partial charge in [-0.25, -0.2) is 4.39 Å². The Balaban J connectivity index is 1.42. The molecule has 1 fully saturated rings. The van der Waals surface area contributed by atoms with Crippen molar-refractivity contribution in [2.24, 2.45) is 0 Å². The number of para-hydroxylation sites is 1. The van der Waals surface area contributed by atoms with Gasteiger partial charge in [-0.1, -0.05) is 36.4 Å². The molecule has 2 amide bonds. The van der Waals surface area contributed by atoms with Gasteiger partial charge in [-0.2, -0.15) is 0 Å². The van der Waals surface area contributed by atoms with Gasteiger partial charge >= 0.3 is 0 Å². The molecule has 0 unspecified atom stereocenters. The summed E-state index contributed by atoms with van der Waals surface area (Å²) < 4.78 is 19.8. The van der Waals surface area contributed by atoms with Crippen molar-refractivity contribution in [3.05, 3.63) is 95.8 Å². The Hall–Kier alpha value is -3.67. The molecule has 3 aromatic carbocycles. The maximum absolute atomic E-state index is 14.0. The molecule has 0 N–H and O–H groups in total. The molecule has 31 heavy (non-hydrogen) atoms. The highest BCUT2D eigenvalue weighted by Crippen LogP contribution is 2.23. The zero-order chi connectivity index (χ0) is 21.6. The van der Waals surface area contributed by atoms with Crippen molar-refractivity contribution in [3.63, 3.8) is 0 Å². The van der Waals surface area contributed by atoms with Gasteiger partial charge in [0.25, 0.3) is 11.8 Å². The van der Waals surface area contributed by atoms with E-state index >= 15 is 0 Å². The van der Waals surface area contributed by atoms with Crippen LogP contribution in [0.3, 0.4) is 0 Å². The van der Waals surface area contributed by atoms with Gasteiger partial charge in [-0.3, -0.25) is 9.59 Å². The summed E-state index contributed by atoms with van der Waals surface area (Å²) in [5, 5.41) is 0. The maximum Gasteiger partial charge on any atom is 0.256 e. The molecule has 4 rings (SSSR count). The maximum atomic E-state index is 14.0. The fourth-order valence-corrected chi connectivity index (χ4v) is 3.63. The van der Waals surface area contributed by atoms with Crippen LogP contribution < -0.4 is 4.74 Å². The van der Waals surface area contributed by atoms with Crippen LogP contribution in [0.4, 0.5) is 4.39 Å². The Morgan fingerprint density at radius 3 is 2.10 bits per heavy atom. The molecular formula is C25H23FN2O3. The predicted octanol–water partition coefficient (Wildman–Crippen LogP) is 4.61. The van der Waals surface area contributed by atoms with Crippen molar-refractivity contribution in [2.75, 3.05) is 26.2 Å². The van der Waals surface area contributed by atoms with E-state index in [1.165, 1.54) is 12.1 Å². The van der Waals surface area contributed by atoms with E-state index in [0.29, 0.717) is 49.7 Å². The second-order valence-corrected chi connectivity index (χ2v) is 7.36. The van der Waals surface area contributed by atoms with Gasteiger partial charge in [0.1, 0.15) is 17.3 Å². The summed E-state index contributed by atoms with van der Waals surface area (Å²) in [6.45, 7) is 1.76. The first-order chi connectivity index (χ1) is 15.1. The van der Waals surface area contributed by atoms with Crippen LogP contribution in [0.25, 0.3) is 0 Å². The average Bonchev–Trinajstić information content (AvgIpc) is 3.06. The zero-order valence-electron chi connectivity index (χ0n) is 17.0. The number of halogens is 1. The molecule has 0 saturated carbocycles. The van der Waals surface area contributed by atoms with E-state index in [1.54, 1.807) is 46.2 Å². The molecule has 1 aliphatic heterocycles. The number of carbonyl (C=O) groups excluding carboxylic acids is 2. The fraction of sp³-hybridized carbons (Fsp3) is 0.200. The molecule has 158 valence electrons. The normalized spacial score (nSPS) is 14.1. The molecular weight excluding hydrogens is 395 g/mol. The lowest BCUT2D eigenvalue weighted by atomic mass is 10.2. The standard InChI is InChI=1S/C25H23FN2O3/c26-23-13-5-4-12-22(23)25(30)28-15-7-14-27(16-17-28)24(29)19-8-6-11-21(18-19)31-20-9-2-1-3-10-20/h1-6,8-13,18H,7,14-17H2. The van der Waals surface area contributed by atoms with Crippen LogP contribution in [0.15, 0.2) is 78.9 Å². The second-order valence-electron chi connectivity index (χ2n) is 7.36. The first-order valence-electron chi connectivity index (χ1n) is 10.3. The minimum absolute atomic E-state index is 0.0630. The molecule has 0 radical (unpaired) electrons. The first kappa shape index (κ1) is 20.6. The van der Waals surface area contributed by atoms with E-state index in [0.717, 1.165) is 0 Å². The van der Waals surface area contributed by atoms with Gasteiger partial charge in [-0.15, -0.1) is 0 Å². The minimum Gasteiger partial charge on any atom is -0.457 e. The van der Waals surface area contributed by atoms with Crippen molar-refractivity contribution in [1.29, 1.82) is 0 Å². The molecule has 0 spiro atoms. The van der Waals surface area contributed by atoms with Gasteiger partial charge in [0.2, 0.25) is 0 Å². The Morgan fingerprint density at radius 2 is 1.35 bits per heavy atom. The number of carbonyl (C=O) groups is 2. The number of amides is 2. The lowest BCUT2D eigenvalue weighted by molar-refractivity contribution is 0.0716. The molecule has 6 heteroatoms. The lowest BCUT2D eigenvalue weighted by Gasteiger charge is -2.22. The summed E-state index contributed by atoms with van der Waals surface area (Å²) in [5.74, 6) is 0.302. The molecule has 0 aromatic heterocycles. The van der Waals surface area contributed by atoms with Crippen LogP contribution in [-0.4, -0.2) is 47.8 Å². The highest BCUT2D eigenvalue weighted by atomic mass is 19.1. The largest absolute Gasteiger partial charge is 0.457 e. The van der Waals surface area contributed by atoms with Crippen molar-refractivity contribution in [1.82, 2.24) is 9.80 Å². The summed E-state index contributed by atoms with van der Waals surface area (Å²) in [6, 6.07) is 22.4. The van der Waals surface area contributed by atoms with Gasteiger partial charge in [0, 0.05) is 31.7 Å². The lowest BCUT2D eigenvalue weighted by Crippen LogP contribution is -2.37. The third kappa shape index (κ3) is 4.91. The third-order valence-corrected chi connectivity index (χ3v) is 5.23. The zero-order valence-corrected chi connectivity index (χ0v) is 17.0. The summed E-state index contributed by atoms with van der Waals surface area (Å²) in [7, 11) is 0. The molecule has 0 aliphatic carbocycles. The Bertz CT molecular complexity index is 1070. The monoisotopic (exact) mass is 418 g/mol. The van der Waals surface area contributed by atoms with Gasteiger partial charge in [0.15, 0.2) is 0 Å². The minimum atomic E-state index is -0.528. The van der Waals surface area contributed by atoms with Crippen molar-refractivity contribution in [2.45, 2.75) is 6.42 Å². The number of benzene rings is 3. The van der Waals surface area contributed by atoms with Crippen LogP contribution in [0, 0.1) is 5.82 Å². The topological polar surface area (TPSA) is 49.9 Å². The van der Waals surface area contributed by atoms with E-state index in [1.807, 2.05) is 30.3 Å². The van der Waals surface area contributed by atoms with Gasteiger partial charge < -0.3 is 14.5 Å². The summed E-state index contributed by atoms with van der Waals surface area (Å²) in [6.07, 6.45) is 0.631. The summed E-state index contributed by atoms with van der Waals surface area (Å²) >= 11 is 0. The average molecular weight is 418 g/mol. The van der Waals surface area contributed by atoms with Crippen molar-refractivity contribution >= 4 is 11.8 Å². The number of ether oxygens (including phenoxy) is 1. The highest BCUT2D eigenvalue weighted by Gasteiger charge is 2.25.